The molecule has 2 aromatic heterocycles. The lowest BCUT2D eigenvalue weighted by Crippen LogP contribution is -2.42. The van der Waals surface area contributed by atoms with Gasteiger partial charge in [-0.25, -0.2) is 4.98 Å². The minimum absolute atomic E-state index is 0.0878. The van der Waals surface area contributed by atoms with E-state index in [0.29, 0.717) is 10.9 Å². The van der Waals surface area contributed by atoms with Gasteiger partial charge in [0.25, 0.3) is 0 Å². The second kappa shape index (κ2) is 5.92. The third-order valence-corrected chi connectivity index (χ3v) is 4.36. The number of para-hydroxylation sites is 1. The Morgan fingerprint density at radius 1 is 1.33 bits per heavy atom. The molecule has 1 amide bonds. The van der Waals surface area contributed by atoms with E-state index in [4.69, 9.17) is 0 Å². The lowest BCUT2D eigenvalue weighted by atomic mass is 10.1. The van der Waals surface area contributed by atoms with E-state index in [2.05, 4.69) is 20.0 Å². The first-order valence-electron chi connectivity index (χ1n) is 7.95. The Morgan fingerprint density at radius 3 is 3.12 bits per heavy atom. The van der Waals surface area contributed by atoms with E-state index in [0.717, 1.165) is 25.2 Å². The largest absolute Gasteiger partial charge is 0.350 e. The van der Waals surface area contributed by atoms with Gasteiger partial charge in [0.15, 0.2) is 0 Å². The first-order valence-corrected chi connectivity index (χ1v) is 7.95. The van der Waals surface area contributed by atoms with Crippen molar-refractivity contribution in [1.29, 1.82) is 0 Å². The van der Waals surface area contributed by atoms with Crippen LogP contribution in [0, 0.1) is 0 Å². The molecule has 1 aliphatic heterocycles. The summed E-state index contributed by atoms with van der Waals surface area (Å²) in [4.78, 5) is 28.5. The van der Waals surface area contributed by atoms with E-state index in [1.54, 1.807) is 29.1 Å². The van der Waals surface area contributed by atoms with Crippen LogP contribution in [0.1, 0.15) is 12.2 Å². The van der Waals surface area contributed by atoms with Crippen LogP contribution in [0.3, 0.4) is 0 Å². The van der Waals surface area contributed by atoms with Gasteiger partial charge in [0, 0.05) is 36.8 Å². The van der Waals surface area contributed by atoms with Gasteiger partial charge >= 0.3 is 0 Å². The maximum Gasteiger partial charge on any atom is 0.242 e. The van der Waals surface area contributed by atoms with Crippen molar-refractivity contribution in [3.63, 3.8) is 0 Å². The molecule has 7 nitrogen and oxygen atoms in total. The Labute approximate surface area is 137 Å². The maximum absolute atomic E-state index is 12.4. The fourth-order valence-electron chi connectivity index (χ4n) is 3.18. The molecule has 0 fully saturated rings. The Balaban J connectivity index is 1.49. The van der Waals surface area contributed by atoms with Crippen LogP contribution in [0.5, 0.6) is 0 Å². The van der Waals surface area contributed by atoms with Crippen molar-refractivity contribution in [2.24, 2.45) is 0 Å². The number of amides is 1. The summed E-state index contributed by atoms with van der Waals surface area (Å²) in [5.41, 5.74) is 0.530. The van der Waals surface area contributed by atoms with Crippen molar-refractivity contribution in [1.82, 2.24) is 24.6 Å². The Morgan fingerprint density at radius 2 is 2.21 bits per heavy atom. The highest BCUT2D eigenvalue weighted by atomic mass is 16.2. The molecule has 0 saturated heterocycles. The van der Waals surface area contributed by atoms with Gasteiger partial charge in [-0.05, 0) is 18.6 Å². The van der Waals surface area contributed by atoms with Crippen LogP contribution in [0.4, 0.5) is 0 Å². The molecule has 1 atom stereocenters. The number of hydrogen-bond donors (Lipinski definition) is 1. The number of rotatable bonds is 3. The topological polar surface area (TPSA) is 81.8 Å². The molecule has 0 saturated carbocycles. The summed E-state index contributed by atoms with van der Waals surface area (Å²) in [6.45, 7) is 0.827. The van der Waals surface area contributed by atoms with Gasteiger partial charge in [0.1, 0.15) is 12.4 Å². The number of nitrogens with zero attached hydrogens (tertiary/aromatic N) is 4. The van der Waals surface area contributed by atoms with Crippen molar-refractivity contribution in [2.75, 3.05) is 0 Å². The average molecular weight is 323 g/mol. The van der Waals surface area contributed by atoms with Gasteiger partial charge in [0.2, 0.25) is 11.3 Å². The standard InChI is InChI=1S/C17H17N5O2/c23-15-9-19-22(14-4-2-1-3-13(14)15)11-17(24)20-12-5-6-16-18-7-8-21(16)10-12/h1-4,7-9,12H,5-6,10-11H2,(H,20,24). The molecule has 0 radical (unpaired) electrons. The zero-order chi connectivity index (χ0) is 16.5. The minimum Gasteiger partial charge on any atom is -0.350 e. The molecule has 4 rings (SSSR count). The van der Waals surface area contributed by atoms with E-state index in [1.807, 2.05) is 12.3 Å². The first-order chi connectivity index (χ1) is 11.7. The monoisotopic (exact) mass is 323 g/mol. The van der Waals surface area contributed by atoms with Gasteiger partial charge < -0.3 is 9.88 Å². The summed E-state index contributed by atoms with van der Waals surface area (Å²) in [6, 6.07) is 7.27. The fourth-order valence-corrected chi connectivity index (χ4v) is 3.18. The van der Waals surface area contributed by atoms with Crippen molar-refractivity contribution in [3.8, 4) is 0 Å². The Kier molecular flexibility index (Phi) is 3.60. The van der Waals surface area contributed by atoms with Gasteiger partial charge in [0.05, 0.1) is 11.7 Å². The van der Waals surface area contributed by atoms with Gasteiger partial charge in [-0.2, -0.15) is 5.10 Å². The number of hydrogen-bond acceptors (Lipinski definition) is 4. The van der Waals surface area contributed by atoms with Crippen molar-refractivity contribution in [2.45, 2.75) is 32.0 Å². The molecule has 0 bridgehead atoms. The number of fused-ring (bicyclic) bond motifs is 2. The third-order valence-electron chi connectivity index (χ3n) is 4.36. The normalized spacial score (nSPS) is 16.8. The number of imidazole rings is 1. The zero-order valence-electron chi connectivity index (χ0n) is 13.1. The highest BCUT2D eigenvalue weighted by molar-refractivity contribution is 5.81. The molecule has 7 heteroatoms. The van der Waals surface area contributed by atoms with Crippen molar-refractivity contribution in [3.05, 3.63) is 58.9 Å². The predicted molar refractivity (Wildman–Crippen MR) is 88.5 cm³/mol. The molecule has 0 aliphatic carbocycles. The van der Waals surface area contributed by atoms with E-state index in [1.165, 1.54) is 6.20 Å². The van der Waals surface area contributed by atoms with Crippen LogP contribution in [0.2, 0.25) is 0 Å². The molecule has 3 heterocycles. The SMILES string of the molecule is O=C(Cn1ncc(=O)c2ccccc21)NC1CCc2nccn2C1. The fraction of sp³-hybridized carbons (Fsp3) is 0.294. The number of nitrogens with one attached hydrogen (secondary N) is 1. The average Bonchev–Trinajstić information content (AvgIpc) is 3.05. The molecular weight excluding hydrogens is 306 g/mol. The zero-order valence-corrected chi connectivity index (χ0v) is 13.1. The summed E-state index contributed by atoms with van der Waals surface area (Å²) >= 11 is 0. The summed E-state index contributed by atoms with van der Waals surface area (Å²) in [5, 5.41) is 7.72. The van der Waals surface area contributed by atoms with E-state index < -0.39 is 0 Å². The smallest absolute Gasteiger partial charge is 0.242 e. The predicted octanol–water partition coefficient (Wildman–Crippen LogP) is 0.724. The molecular formula is C17H17N5O2. The second-order valence-electron chi connectivity index (χ2n) is 5.98. The van der Waals surface area contributed by atoms with Crippen LogP contribution in [0.15, 0.2) is 47.7 Å². The molecule has 1 N–H and O–H groups in total. The summed E-state index contributed by atoms with van der Waals surface area (Å²) in [7, 11) is 0. The molecule has 1 unspecified atom stereocenters. The number of carbonyl (C=O) groups excluding carboxylic acids is 1. The summed E-state index contributed by atoms with van der Waals surface area (Å²) in [5.74, 6) is 0.957. The maximum atomic E-state index is 12.4. The van der Waals surface area contributed by atoms with Crippen molar-refractivity contribution >= 4 is 16.8 Å². The van der Waals surface area contributed by atoms with E-state index in [9.17, 15) is 9.59 Å². The van der Waals surface area contributed by atoms with Crippen LogP contribution < -0.4 is 10.7 Å². The van der Waals surface area contributed by atoms with Crippen LogP contribution >= 0.6 is 0 Å². The van der Waals surface area contributed by atoms with Gasteiger partial charge in [-0.15, -0.1) is 0 Å². The number of carbonyl (C=O) groups is 1. The molecule has 1 aromatic carbocycles. The van der Waals surface area contributed by atoms with Crippen LogP contribution in [-0.4, -0.2) is 31.3 Å². The third kappa shape index (κ3) is 2.68. The lowest BCUT2D eigenvalue weighted by molar-refractivity contribution is -0.122. The Hall–Kier alpha value is -2.96. The van der Waals surface area contributed by atoms with E-state index in [-0.39, 0.29) is 23.9 Å². The summed E-state index contributed by atoms with van der Waals surface area (Å²) < 4.78 is 3.64. The number of benzene rings is 1. The van der Waals surface area contributed by atoms with Gasteiger partial charge in [-0.1, -0.05) is 12.1 Å². The van der Waals surface area contributed by atoms with Crippen LogP contribution in [0.25, 0.3) is 10.9 Å². The second-order valence-corrected chi connectivity index (χ2v) is 5.98. The van der Waals surface area contributed by atoms with Crippen LogP contribution in [-0.2, 0) is 24.3 Å². The highest BCUT2D eigenvalue weighted by Crippen LogP contribution is 2.13. The van der Waals surface area contributed by atoms with Gasteiger partial charge in [-0.3, -0.25) is 14.3 Å². The molecule has 3 aromatic rings. The lowest BCUT2D eigenvalue weighted by Gasteiger charge is -2.24. The Bertz CT molecular complexity index is 959. The van der Waals surface area contributed by atoms with E-state index >= 15 is 0 Å². The molecule has 24 heavy (non-hydrogen) atoms. The number of aromatic nitrogens is 4. The minimum atomic E-state index is -0.137. The van der Waals surface area contributed by atoms with Crippen molar-refractivity contribution < 1.29 is 4.79 Å². The quantitative estimate of drug-likeness (QED) is 0.770. The highest BCUT2D eigenvalue weighted by Gasteiger charge is 2.20. The summed E-state index contributed by atoms with van der Waals surface area (Å²) in [6.07, 6.45) is 6.71. The molecule has 122 valence electrons. The first kappa shape index (κ1) is 14.6. The molecule has 1 aliphatic rings. The molecule has 0 spiro atoms. The number of aryl methyl sites for hydroxylation is 1.